The van der Waals surface area contributed by atoms with E-state index in [2.05, 4.69) is 6.07 Å². The number of hydrogen-bond donors (Lipinski definition) is 1. The van der Waals surface area contributed by atoms with Crippen molar-refractivity contribution in [1.82, 2.24) is 0 Å². The predicted octanol–water partition coefficient (Wildman–Crippen LogP) is 2.38. The molecule has 0 saturated carbocycles. The number of nitriles is 1. The maximum atomic E-state index is 8.36. The zero-order valence-electron chi connectivity index (χ0n) is 6.55. The molecule has 0 aliphatic heterocycles. The van der Waals surface area contributed by atoms with Gasteiger partial charge in [-0.25, -0.2) is 0 Å². The lowest BCUT2D eigenvalue weighted by molar-refractivity contribution is 1.01. The topological polar surface area (TPSA) is 49.8 Å². The van der Waals surface area contributed by atoms with Crippen molar-refractivity contribution < 1.29 is 0 Å². The number of halogens is 1. The van der Waals surface area contributed by atoms with Crippen LogP contribution >= 0.6 is 11.6 Å². The van der Waals surface area contributed by atoms with Crippen molar-refractivity contribution >= 4 is 17.3 Å². The lowest BCUT2D eigenvalue weighted by atomic mass is 10.1. The Bertz CT molecular complexity index is 315. The highest BCUT2D eigenvalue weighted by Gasteiger charge is 1.99. The van der Waals surface area contributed by atoms with E-state index in [-0.39, 0.29) is 0 Å². The molecule has 0 spiro atoms. The van der Waals surface area contributed by atoms with E-state index in [0.29, 0.717) is 23.6 Å². The molecular weight excluding hydrogens is 172 g/mol. The smallest absolute Gasteiger partial charge is 0.0625 e. The van der Waals surface area contributed by atoms with Gasteiger partial charge >= 0.3 is 0 Å². The van der Waals surface area contributed by atoms with E-state index < -0.39 is 0 Å². The third-order valence-corrected chi connectivity index (χ3v) is 1.94. The number of benzene rings is 1. The molecular formula is C9H9ClN2. The van der Waals surface area contributed by atoms with Crippen molar-refractivity contribution in [2.75, 3.05) is 5.73 Å². The summed E-state index contributed by atoms with van der Waals surface area (Å²) in [6.07, 6.45) is 1.18. The monoisotopic (exact) mass is 180 g/mol. The third kappa shape index (κ3) is 2.14. The predicted molar refractivity (Wildman–Crippen MR) is 49.8 cm³/mol. The minimum Gasteiger partial charge on any atom is -0.399 e. The van der Waals surface area contributed by atoms with Crippen molar-refractivity contribution in [3.8, 4) is 6.07 Å². The van der Waals surface area contributed by atoms with E-state index in [1.807, 2.05) is 6.07 Å². The molecule has 2 nitrogen and oxygen atoms in total. The summed E-state index contributed by atoms with van der Waals surface area (Å²) in [7, 11) is 0. The lowest BCUT2D eigenvalue weighted by Crippen LogP contribution is -1.89. The van der Waals surface area contributed by atoms with Crippen molar-refractivity contribution in [2.45, 2.75) is 12.8 Å². The van der Waals surface area contributed by atoms with Gasteiger partial charge in [-0.15, -0.1) is 0 Å². The molecule has 0 fully saturated rings. The molecule has 3 heteroatoms. The summed E-state index contributed by atoms with van der Waals surface area (Å²) >= 11 is 5.88. The van der Waals surface area contributed by atoms with E-state index >= 15 is 0 Å². The standard InChI is InChI=1S/C9H9ClN2/c10-9-6-8(12)4-3-7(9)2-1-5-11/h3-4,6H,1-2,12H2. The zero-order valence-corrected chi connectivity index (χ0v) is 7.30. The van der Waals surface area contributed by atoms with Crippen LogP contribution in [0.15, 0.2) is 18.2 Å². The van der Waals surface area contributed by atoms with Gasteiger partial charge in [-0.1, -0.05) is 17.7 Å². The van der Waals surface area contributed by atoms with E-state index in [1.165, 1.54) is 0 Å². The fourth-order valence-corrected chi connectivity index (χ4v) is 1.24. The van der Waals surface area contributed by atoms with E-state index in [9.17, 15) is 0 Å². The first kappa shape index (κ1) is 8.89. The van der Waals surface area contributed by atoms with Crippen LogP contribution in [0.3, 0.4) is 0 Å². The van der Waals surface area contributed by atoms with Gasteiger partial charge in [-0.3, -0.25) is 0 Å². The average Bonchev–Trinajstić information content (AvgIpc) is 2.03. The Balaban J connectivity index is 2.81. The van der Waals surface area contributed by atoms with Gasteiger partial charge in [-0.05, 0) is 24.1 Å². The van der Waals surface area contributed by atoms with Gasteiger partial charge < -0.3 is 5.73 Å². The Morgan fingerprint density at radius 2 is 2.25 bits per heavy atom. The van der Waals surface area contributed by atoms with Crippen LogP contribution in [-0.2, 0) is 6.42 Å². The fourth-order valence-electron chi connectivity index (χ4n) is 0.957. The second-order valence-electron chi connectivity index (χ2n) is 2.51. The van der Waals surface area contributed by atoms with E-state index in [1.54, 1.807) is 12.1 Å². The van der Waals surface area contributed by atoms with Gasteiger partial charge in [0.2, 0.25) is 0 Å². The van der Waals surface area contributed by atoms with Crippen LogP contribution in [0.4, 0.5) is 5.69 Å². The summed E-state index contributed by atoms with van der Waals surface area (Å²) in [5, 5.41) is 9.00. The maximum absolute atomic E-state index is 8.36. The number of anilines is 1. The van der Waals surface area contributed by atoms with E-state index in [0.717, 1.165) is 5.56 Å². The van der Waals surface area contributed by atoms with Crippen LogP contribution in [0, 0.1) is 11.3 Å². The summed E-state index contributed by atoms with van der Waals surface area (Å²) in [6, 6.07) is 7.42. The molecule has 1 aromatic rings. The number of rotatable bonds is 2. The molecule has 0 aromatic heterocycles. The lowest BCUT2D eigenvalue weighted by Gasteiger charge is -2.01. The van der Waals surface area contributed by atoms with Crippen LogP contribution in [0.1, 0.15) is 12.0 Å². The number of nitrogens with zero attached hydrogens (tertiary/aromatic N) is 1. The Kier molecular flexibility index (Phi) is 2.95. The number of aryl methyl sites for hydroxylation is 1. The van der Waals surface area contributed by atoms with Gasteiger partial charge in [0.05, 0.1) is 6.07 Å². The molecule has 2 N–H and O–H groups in total. The highest BCUT2D eigenvalue weighted by molar-refractivity contribution is 6.31. The number of nitrogens with two attached hydrogens (primary N) is 1. The fraction of sp³-hybridized carbons (Fsp3) is 0.222. The Morgan fingerprint density at radius 1 is 1.50 bits per heavy atom. The molecule has 1 rings (SSSR count). The Morgan fingerprint density at radius 3 is 2.83 bits per heavy atom. The molecule has 0 amide bonds. The van der Waals surface area contributed by atoms with Gasteiger partial charge in [0.25, 0.3) is 0 Å². The Labute approximate surface area is 76.6 Å². The first-order valence-corrected chi connectivity index (χ1v) is 4.02. The first-order valence-electron chi connectivity index (χ1n) is 3.65. The zero-order chi connectivity index (χ0) is 8.97. The van der Waals surface area contributed by atoms with Gasteiger partial charge in [0, 0.05) is 17.1 Å². The largest absolute Gasteiger partial charge is 0.399 e. The molecule has 0 bridgehead atoms. The molecule has 0 aliphatic carbocycles. The Hall–Kier alpha value is -1.20. The molecule has 62 valence electrons. The average molecular weight is 181 g/mol. The van der Waals surface area contributed by atoms with Gasteiger partial charge in [-0.2, -0.15) is 5.26 Å². The van der Waals surface area contributed by atoms with Crippen molar-refractivity contribution in [1.29, 1.82) is 5.26 Å². The van der Waals surface area contributed by atoms with E-state index in [4.69, 9.17) is 22.6 Å². The molecule has 1 aromatic carbocycles. The van der Waals surface area contributed by atoms with Crippen LogP contribution in [0.2, 0.25) is 5.02 Å². The van der Waals surface area contributed by atoms with Crippen LogP contribution in [0.25, 0.3) is 0 Å². The summed E-state index contributed by atoms with van der Waals surface area (Å²) < 4.78 is 0. The molecule has 0 atom stereocenters. The van der Waals surface area contributed by atoms with Crippen molar-refractivity contribution in [3.63, 3.8) is 0 Å². The third-order valence-electron chi connectivity index (χ3n) is 1.58. The molecule has 0 heterocycles. The van der Waals surface area contributed by atoms with Gasteiger partial charge in [0.1, 0.15) is 0 Å². The number of hydrogen-bond acceptors (Lipinski definition) is 2. The summed E-state index contributed by atoms with van der Waals surface area (Å²) in [5.74, 6) is 0. The molecule has 0 aliphatic rings. The summed E-state index contributed by atoms with van der Waals surface area (Å²) in [6.45, 7) is 0. The van der Waals surface area contributed by atoms with Crippen LogP contribution in [0.5, 0.6) is 0 Å². The maximum Gasteiger partial charge on any atom is 0.0625 e. The van der Waals surface area contributed by atoms with Crippen molar-refractivity contribution in [2.24, 2.45) is 0 Å². The second-order valence-corrected chi connectivity index (χ2v) is 2.92. The first-order chi connectivity index (χ1) is 5.74. The SMILES string of the molecule is N#CCCc1ccc(N)cc1Cl. The molecule has 0 unspecified atom stereocenters. The van der Waals surface area contributed by atoms with Crippen LogP contribution < -0.4 is 5.73 Å². The normalized spacial score (nSPS) is 9.33. The highest BCUT2D eigenvalue weighted by Crippen LogP contribution is 2.20. The summed E-state index contributed by atoms with van der Waals surface area (Å²) in [5.41, 5.74) is 7.14. The quantitative estimate of drug-likeness (QED) is 0.711. The van der Waals surface area contributed by atoms with Crippen LogP contribution in [-0.4, -0.2) is 0 Å². The highest BCUT2D eigenvalue weighted by atomic mass is 35.5. The number of nitrogen functional groups attached to an aromatic ring is 1. The second kappa shape index (κ2) is 3.99. The molecule has 0 radical (unpaired) electrons. The molecule has 0 saturated heterocycles. The summed E-state index contributed by atoms with van der Waals surface area (Å²) in [4.78, 5) is 0. The minimum absolute atomic E-state index is 0.490. The van der Waals surface area contributed by atoms with Gasteiger partial charge in [0.15, 0.2) is 0 Å². The molecule has 12 heavy (non-hydrogen) atoms. The minimum atomic E-state index is 0.490. The van der Waals surface area contributed by atoms with Crippen molar-refractivity contribution in [3.05, 3.63) is 28.8 Å².